The minimum Gasteiger partial charge on any atom is -0.497 e. The Morgan fingerprint density at radius 1 is 1.03 bits per heavy atom. The second-order valence-electron chi connectivity index (χ2n) is 6.83. The van der Waals surface area contributed by atoms with Crippen LogP contribution >= 0.6 is 0 Å². The summed E-state index contributed by atoms with van der Waals surface area (Å²) in [5, 5.41) is 3.33. The van der Waals surface area contributed by atoms with Gasteiger partial charge in [-0.15, -0.1) is 0 Å². The van der Waals surface area contributed by atoms with Gasteiger partial charge < -0.3 is 19.5 Å². The molecule has 158 valence electrons. The fourth-order valence-electron chi connectivity index (χ4n) is 3.21. The van der Waals surface area contributed by atoms with Gasteiger partial charge in [-0.05, 0) is 42.3 Å². The van der Waals surface area contributed by atoms with Crippen molar-refractivity contribution in [1.82, 2.24) is 15.8 Å². The summed E-state index contributed by atoms with van der Waals surface area (Å²) in [6.07, 6.45) is -0.0622. The number of benzene rings is 2. The third-order valence-corrected chi connectivity index (χ3v) is 4.89. The number of ether oxygens (including phenoxy) is 3. The normalized spacial score (nSPS) is 18.1. The predicted molar refractivity (Wildman–Crippen MR) is 107 cm³/mol. The van der Waals surface area contributed by atoms with E-state index in [0.717, 1.165) is 0 Å². The van der Waals surface area contributed by atoms with Gasteiger partial charge in [0.05, 0.1) is 27.8 Å². The highest BCUT2D eigenvalue weighted by molar-refractivity contribution is 6.08. The van der Waals surface area contributed by atoms with Crippen LogP contribution in [-0.2, 0) is 21.5 Å². The number of amides is 4. The lowest BCUT2D eigenvalue weighted by atomic mass is 9.92. The summed E-state index contributed by atoms with van der Waals surface area (Å²) < 4.78 is 15.6. The second-order valence-corrected chi connectivity index (χ2v) is 6.83. The van der Waals surface area contributed by atoms with Crippen molar-refractivity contribution in [2.24, 2.45) is 0 Å². The lowest BCUT2D eigenvalue weighted by Crippen LogP contribution is -2.48. The van der Waals surface area contributed by atoms with Crippen molar-refractivity contribution in [2.45, 2.75) is 18.9 Å². The van der Waals surface area contributed by atoms with Gasteiger partial charge in [-0.1, -0.05) is 18.2 Å². The van der Waals surface area contributed by atoms with Gasteiger partial charge >= 0.3 is 6.03 Å². The molecule has 0 bridgehead atoms. The van der Waals surface area contributed by atoms with Crippen LogP contribution in [-0.4, -0.2) is 44.2 Å². The molecule has 30 heavy (non-hydrogen) atoms. The Hall–Kier alpha value is -3.75. The van der Waals surface area contributed by atoms with Gasteiger partial charge in [0.25, 0.3) is 5.91 Å². The minimum absolute atomic E-state index is 0.0622. The van der Waals surface area contributed by atoms with E-state index >= 15 is 0 Å². The number of methoxy groups -OCH3 is 3. The average Bonchev–Trinajstić information content (AvgIpc) is 2.97. The number of nitrogens with zero attached hydrogens (tertiary/aromatic N) is 1. The molecule has 3 rings (SSSR count). The molecule has 9 heteroatoms. The molecule has 9 nitrogen and oxygen atoms in total. The van der Waals surface area contributed by atoms with Crippen LogP contribution in [0.3, 0.4) is 0 Å². The Labute approximate surface area is 173 Å². The molecule has 2 aromatic carbocycles. The number of carbonyl (C=O) groups is 3. The molecule has 1 aliphatic heterocycles. The number of hydrogen-bond acceptors (Lipinski definition) is 6. The average molecular weight is 413 g/mol. The van der Waals surface area contributed by atoms with Crippen LogP contribution in [0, 0.1) is 0 Å². The number of hydrazine groups is 1. The first-order chi connectivity index (χ1) is 14.3. The zero-order valence-electron chi connectivity index (χ0n) is 17.1. The molecule has 0 spiro atoms. The van der Waals surface area contributed by atoms with Gasteiger partial charge in [-0.3, -0.25) is 15.0 Å². The van der Waals surface area contributed by atoms with E-state index in [0.29, 0.717) is 33.4 Å². The highest BCUT2D eigenvalue weighted by atomic mass is 16.5. The van der Waals surface area contributed by atoms with Gasteiger partial charge in [0, 0.05) is 0 Å². The molecule has 1 atom stereocenters. The maximum absolute atomic E-state index is 13.0. The lowest BCUT2D eigenvalue weighted by Gasteiger charge is -2.22. The van der Waals surface area contributed by atoms with E-state index in [1.54, 1.807) is 49.4 Å². The Balaban J connectivity index is 1.74. The van der Waals surface area contributed by atoms with Gasteiger partial charge in [0.15, 0.2) is 11.5 Å². The van der Waals surface area contributed by atoms with E-state index < -0.39 is 23.4 Å². The van der Waals surface area contributed by atoms with Crippen molar-refractivity contribution in [3.8, 4) is 17.2 Å². The fraction of sp³-hybridized carbons (Fsp3) is 0.286. The topological polar surface area (TPSA) is 106 Å². The summed E-state index contributed by atoms with van der Waals surface area (Å²) in [5.74, 6) is 0.432. The molecule has 1 heterocycles. The summed E-state index contributed by atoms with van der Waals surface area (Å²) in [6, 6.07) is 11.1. The lowest BCUT2D eigenvalue weighted by molar-refractivity contribution is -0.138. The third-order valence-electron chi connectivity index (χ3n) is 4.89. The zero-order chi connectivity index (χ0) is 21.9. The largest absolute Gasteiger partial charge is 0.497 e. The molecule has 0 unspecified atom stereocenters. The van der Waals surface area contributed by atoms with E-state index in [1.807, 2.05) is 0 Å². The standard InChI is InChI=1S/C21H23N3O6/c1-21(14-6-5-7-15(12-14)28-2)19(26)24(20(27)22-21)23-18(25)11-13-8-9-16(29-3)17(10-13)30-4/h5-10,12H,11H2,1-4H3,(H,22,27)(H,23,25)/t21-/m0/s1. The molecular weight excluding hydrogens is 390 g/mol. The van der Waals surface area contributed by atoms with Gasteiger partial charge in [0.1, 0.15) is 11.3 Å². The molecule has 2 aromatic rings. The van der Waals surface area contributed by atoms with Crippen LogP contribution < -0.4 is 25.0 Å². The summed E-state index contributed by atoms with van der Waals surface area (Å²) in [5.41, 5.74) is 2.22. The number of nitrogens with one attached hydrogen (secondary N) is 2. The minimum atomic E-state index is -1.33. The summed E-state index contributed by atoms with van der Waals surface area (Å²) in [6.45, 7) is 1.57. The molecular formula is C21H23N3O6. The maximum Gasteiger partial charge on any atom is 0.344 e. The van der Waals surface area contributed by atoms with Crippen LogP contribution in [0.2, 0.25) is 0 Å². The van der Waals surface area contributed by atoms with E-state index in [1.165, 1.54) is 21.3 Å². The van der Waals surface area contributed by atoms with E-state index in [-0.39, 0.29) is 6.42 Å². The maximum atomic E-state index is 13.0. The predicted octanol–water partition coefficient (Wildman–Crippen LogP) is 1.75. The monoisotopic (exact) mass is 413 g/mol. The second kappa shape index (κ2) is 8.32. The zero-order valence-corrected chi connectivity index (χ0v) is 17.1. The molecule has 0 aliphatic carbocycles. The van der Waals surface area contributed by atoms with E-state index in [9.17, 15) is 14.4 Å². The van der Waals surface area contributed by atoms with Crippen LogP contribution in [0.25, 0.3) is 0 Å². The van der Waals surface area contributed by atoms with E-state index in [2.05, 4.69) is 10.7 Å². The molecule has 1 saturated heterocycles. The number of rotatable bonds is 7. The number of imide groups is 1. The van der Waals surface area contributed by atoms with Crippen molar-refractivity contribution < 1.29 is 28.6 Å². The van der Waals surface area contributed by atoms with Gasteiger partial charge in [-0.2, -0.15) is 5.01 Å². The first kappa shape index (κ1) is 21.0. The number of urea groups is 1. The van der Waals surface area contributed by atoms with Crippen molar-refractivity contribution in [3.63, 3.8) is 0 Å². The quantitative estimate of drug-likeness (QED) is 0.670. The first-order valence-corrected chi connectivity index (χ1v) is 9.14. The van der Waals surface area contributed by atoms with Gasteiger partial charge in [0.2, 0.25) is 5.91 Å². The fourth-order valence-corrected chi connectivity index (χ4v) is 3.21. The van der Waals surface area contributed by atoms with Crippen LogP contribution in [0.1, 0.15) is 18.1 Å². The van der Waals surface area contributed by atoms with Crippen molar-refractivity contribution in [3.05, 3.63) is 53.6 Å². The Bertz CT molecular complexity index is 992. The molecule has 1 aliphatic rings. The Morgan fingerprint density at radius 3 is 2.43 bits per heavy atom. The number of carbonyl (C=O) groups excluding carboxylic acids is 3. The number of hydrogen-bond donors (Lipinski definition) is 2. The van der Waals surface area contributed by atoms with Crippen LogP contribution in [0.5, 0.6) is 17.2 Å². The molecule has 0 radical (unpaired) electrons. The Morgan fingerprint density at radius 2 is 1.77 bits per heavy atom. The smallest absolute Gasteiger partial charge is 0.344 e. The summed E-state index contributed by atoms with van der Waals surface area (Å²) in [7, 11) is 4.52. The summed E-state index contributed by atoms with van der Waals surface area (Å²) in [4.78, 5) is 37.9. The van der Waals surface area contributed by atoms with Crippen LogP contribution in [0.4, 0.5) is 4.79 Å². The SMILES string of the molecule is COc1cccc([C@]2(C)NC(=O)N(NC(=O)Cc3ccc(OC)c(OC)c3)C2=O)c1. The highest BCUT2D eigenvalue weighted by Crippen LogP contribution is 2.30. The van der Waals surface area contributed by atoms with Crippen molar-refractivity contribution in [1.29, 1.82) is 0 Å². The van der Waals surface area contributed by atoms with E-state index in [4.69, 9.17) is 14.2 Å². The van der Waals surface area contributed by atoms with Crippen LogP contribution in [0.15, 0.2) is 42.5 Å². The Kier molecular flexibility index (Phi) is 5.81. The van der Waals surface area contributed by atoms with Gasteiger partial charge in [-0.25, -0.2) is 4.79 Å². The first-order valence-electron chi connectivity index (χ1n) is 9.14. The highest BCUT2D eigenvalue weighted by Gasteiger charge is 2.50. The molecule has 0 aromatic heterocycles. The molecule has 1 fully saturated rings. The molecule has 0 saturated carbocycles. The summed E-state index contributed by atoms with van der Waals surface area (Å²) >= 11 is 0. The molecule has 4 amide bonds. The molecule has 2 N–H and O–H groups in total. The van der Waals surface area contributed by atoms with Crippen molar-refractivity contribution in [2.75, 3.05) is 21.3 Å². The third kappa shape index (κ3) is 3.86. The van der Waals surface area contributed by atoms with Crippen molar-refractivity contribution >= 4 is 17.8 Å².